The van der Waals surface area contributed by atoms with Gasteiger partial charge in [0.25, 0.3) is 0 Å². The van der Waals surface area contributed by atoms with Crippen LogP contribution in [0.4, 0.5) is 0 Å². The van der Waals surface area contributed by atoms with Crippen LogP contribution in [-0.4, -0.2) is 55.2 Å². The van der Waals surface area contributed by atoms with Gasteiger partial charge >= 0.3 is 11.9 Å². The van der Waals surface area contributed by atoms with E-state index < -0.39 is 29.5 Å². The lowest BCUT2D eigenvalue weighted by Crippen LogP contribution is -2.39. The van der Waals surface area contributed by atoms with E-state index in [1.54, 1.807) is 30.2 Å². The molecule has 0 unspecified atom stereocenters. The molecule has 2 fully saturated rings. The van der Waals surface area contributed by atoms with Crippen LogP contribution in [0.3, 0.4) is 0 Å². The van der Waals surface area contributed by atoms with Crippen LogP contribution in [-0.2, 0) is 36.8 Å². The topological polar surface area (TPSA) is 91.4 Å². The largest absolute Gasteiger partial charge is 0.497 e. The summed E-state index contributed by atoms with van der Waals surface area (Å²) in [6.45, 7) is 0.687. The first-order chi connectivity index (χ1) is 16.9. The van der Waals surface area contributed by atoms with Gasteiger partial charge in [-0.2, -0.15) is 0 Å². The summed E-state index contributed by atoms with van der Waals surface area (Å²) in [6.07, 6.45) is 4.14. The molecule has 1 amide bonds. The number of methoxy groups -OCH3 is 2. The van der Waals surface area contributed by atoms with Gasteiger partial charge in [-0.25, -0.2) is 0 Å². The van der Waals surface area contributed by atoms with Gasteiger partial charge in [0.15, 0.2) is 0 Å². The number of hydrogen-bond acceptors (Lipinski definition) is 7. The molecule has 4 atom stereocenters. The van der Waals surface area contributed by atoms with Crippen LogP contribution in [0.5, 0.6) is 11.5 Å². The Morgan fingerprint density at radius 1 is 1.09 bits per heavy atom. The van der Waals surface area contributed by atoms with E-state index in [0.717, 1.165) is 16.9 Å². The van der Waals surface area contributed by atoms with E-state index in [9.17, 15) is 14.4 Å². The van der Waals surface area contributed by atoms with Gasteiger partial charge in [0.2, 0.25) is 5.91 Å². The van der Waals surface area contributed by atoms with Gasteiger partial charge in [0, 0.05) is 13.0 Å². The second-order valence-electron chi connectivity index (χ2n) is 9.09. The molecular formula is C27H27NO7. The second kappa shape index (κ2) is 9.19. The van der Waals surface area contributed by atoms with E-state index in [0.29, 0.717) is 25.3 Å². The van der Waals surface area contributed by atoms with E-state index in [1.807, 2.05) is 42.5 Å². The van der Waals surface area contributed by atoms with Gasteiger partial charge in [0.1, 0.15) is 23.0 Å². The van der Waals surface area contributed by atoms with Crippen molar-refractivity contribution in [2.45, 2.75) is 31.1 Å². The smallest absolute Gasteiger partial charge is 0.312 e. The molecule has 0 aliphatic carbocycles. The number of likely N-dealkylation sites (tertiary alicyclic amines) is 1. The Morgan fingerprint density at radius 3 is 2.63 bits per heavy atom. The maximum absolute atomic E-state index is 13.2. The lowest BCUT2D eigenvalue weighted by molar-refractivity contribution is -0.151. The minimum absolute atomic E-state index is 0.130. The van der Waals surface area contributed by atoms with E-state index in [2.05, 4.69) is 0 Å². The zero-order valence-corrected chi connectivity index (χ0v) is 19.6. The molecule has 0 radical (unpaired) electrons. The molecule has 0 N–H and O–H groups in total. The predicted molar refractivity (Wildman–Crippen MR) is 125 cm³/mol. The van der Waals surface area contributed by atoms with Crippen molar-refractivity contribution in [2.75, 3.05) is 20.8 Å². The van der Waals surface area contributed by atoms with Gasteiger partial charge in [0.05, 0.1) is 32.8 Å². The van der Waals surface area contributed by atoms with Crippen LogP contribution in [0, 0.1) is 11.8 Å². The molecule has 0 saturated carbocycles. The Labute approximate surface area is 203 Å². The quantitative estimate of drug-likeness (QED) is 0.328. The number of esters is 2. The summed E-state index contributed by atoms with van der Waals surface area (Å²) in [5.41, 5.74) is 1.06. The Balaban J connectivity index is 1.20. The van der Waals surface area contributed by atoms with Crippen molar-refractivity contribution in [3.05, 3.63) is 71.8 Å². The maximum atomic E-state index is 13.2. The summed E-state index contributed by atoms with van der Waals surface area (Å²) in [7, 11) is 2.94. The number of rotatable bonds is 8. The van der Waals surface area contributed by atoms with Gasteiger partial charge in [-0.15, -0.1) is 0 Å². The predicted octanol–water partition coefficient (Wildman–Crippen LogP) is 2.69. The first kappa shape index (κ1) is 23.1. The van der Waals surface area contributed by atoms with Gasteiger partial charge in [-0.3, -0.25) is 14.4 Å². The first-order valence-electron chi connectivity index (χ1n) is 11.6. The fourth-order valence-corrected chi connectivity index (χ4v) is 5.27. The van der Waals surface area contributed by atoms with Crippen molar-refractivity contribution in [3.8, 4) is 11.5 Å². The molecule has 2 saturated heterocycles. The van der Waals surface area contributed by atoms with Crippen molar-refractivity contribution in [2.24, 2.45) is 11.8 Å². The number of carbonyl (C=O) groups excluding carboxylic acids is 3. The fourth-order valence-electron chi connectivity index (χ4n) is 5.27. The Kier molecular flexibility index (Phi) is 6.06. The molecule has 2 aromatic rings. The molecule has 8 heteroatoms. The van der Waals surface area contributed by atoms with Crippen molar-refractivity contribution < 1.29 is 33.3 Å². The van der Waals surface area contributed by atoms with E-state index in [4.69, 9.17) is 18.9 Å². The average molecular weight is 478 g/mol. The number of hydrogen-bond donors (Lipinski definition) is 0. The third-order valence-corrected chi connectivity index (χ3v) is 6.93. The van der Waals surface area contributed by atoms with Gasteiger partial charge < -0.3 is 23.8 Å². The molecule has 2 bridgehead atoms. The Hall–Kier alpha value is -3.65. The number of benzene rings is 2. The lowest BCUT2D eigenvalue weighted by Gasteiger charge is -2.22. The standard InChI is InChI=1S/C27H27NO7/c1-32-19-9-6-17(7-10-19)8-11-22(29)34-20-5-3-4-18(14-20)15-28-16-27-13-12-21(35-27)23(26(31)33-2)24(27)25(28)30/h3-7,9-10,12-14,21,23-24H,8,11,15-16H2,1-2H3/t21-,23-,24+,27+/m1/s1. The summed E-state index contributed by atoms with van der Waals surface area (Å²) in [6, 6.07) is 14.7. The zero-order chi connectivity index (χ0) is 24.6. The maximum Gasteiger partial charge on any atom is 0.312 e. The third-order valence-electron chi connectivity index (χ3n) is 6.93. The molecule has 0 aromatic heterocycles. The summed E-state index contributed by atoms with van der Waals surface area (Å²) >= 11 is 0. The first-order valence-corrected chi connectivity index (χ1v) is 11.6. The molecule has 1 spiro atoms. The number of fused-ring (bicyclic) bond motifs is 1. The summed E-state index contributed by atoms with van der Waals surface area (Å²) < 4.78 is 21.7. The van der Waals surface area contributed by atoms with Crippen molar-refractivity contribution in [1.29, 1.82) is 0 Å². The Morgan fingerprint density at radius 2 is 1.89 bits per heavy atom. The van der Waals surface area contributed by atoms with Crippen molar-refractivity contribution in [3.63, 3.8) is 0 Å². The molecule has 182 valence electrons. The average Bonchev–Trinajstić information content (AvgIpc) is 3.51. The van der Waals surface area contributed by atoms with E-state index in [1.165, 1.54) is 7.11 Å². The molecule has 8 nitrogen and oxygen atoms in total. The lowest BCUT2D eigenvalue weighted by atomic mass is 9.77. The molecule has 3 aliphatic rings. The minimum Gasteiger partial charge on any atom is -0.497 e. The second-order valence-corrected chi connectivity index (χ2v) is 9.09. The monoisotopic (exact) mass is 477 g/mol. The molecular weight excluding hydrogens is 450 g/mol. The third kappa shape index (κ3) is 4.30. The highest BCUT2D eigenvalue weighted by molar-refractivity contribution is 5.91. The SMILES string of the molecule is COC(=O)[C@H]1[C@H]2C(=O)N(Cc3cccc(OC(=O)CCc4ccc(OC)cc4)c3)C[C@@]23C=C[C@H]1O3. The van der Waals surface area contributed by atoms with E-state index >= 15 is 0 Å². The van der Waals surface area contributed by atoms with Crippen LogP contribution < -0.4 is 9.47 Å². The summed E-state index contributed by atoms with van der Waals surface area (Å²) in [5, 5.41) is 0. The van der Waals surface area contributed by atoms with Crippen LogP contribution >= 0.6 is 0 Å². The van der Waals surface area contributed by atoms with Crippen molar-refractivity contribution in [1.82, 2.24) is 4.90 Å². The highest BCUT2D eigenvalue weighted by atomic mass is 16.5. The summed E-state index contributed by atoms with van der Waals surface area (Å²) in [5.74, 6) is -0.899. The fraction of sp³-hybridized carbons (Fsp3) is 0.370. The normalized spacial score (nSPS) is 26.1. The van der Waals surface area contributed by atoms with Crippen molar-refractivity contribution >= 4 is 17.8 Å². The molecule has 35 heavy (non-hydrogen) atoms. The van der Waals surface area contributed by atoms with Gasteiger partial charge in [-0.05, 0) is 41.8 Å². The number of carbonyl (C=O) groups is 3. The van der Waals surface area contributed by atoms with Crippen LogP contribution in [0.15, 0.2) is 60.7 Å². The summed E-state index contributed by atoms with van der Waals surface area (Å²) in [4.78, 5) is 39.6. The number of amides is 1. The van der Waals surface area contributed by atoms with E-state index in [-0.39, 0.29) is 18.3 Å². The highest BCUT2D eigenvalue weighted by Gasteiger charge is 2.67. The molecule has 3 heterocycles. The Bertz CT molecular complexity index is 1170. The number of nitrogens with zero attached hydrogens (tertiary/aromatic N) is 1. The molecule has 2 aromatic carbocycles. The molecule has 5 rings (SSSR count). The minimum atomic E-state index is -0.786. The number of aryl methyl sites for hydroxylation is 1. The van der Waals surface area contributed by atoms with Crippen LogP contribution in [0.1, 0.15) is 17.5 Å². The van der Waals surface area contributed by atoms with Crippen LogP contribution in [0.25, 0.3) is 0 Å². The molecule has 3 aliphatic heterocycles. The van der Waals surface area contributed by atoms with Gasteiger partial charge in [-0.1, -0.05) is 36.4 Å². The highest BCUT2D eigenvalue weighted by Crippen LogP contribution is 2.52. The van der Waals surface area contributed by atoms with Crippen LogP contribution in [0.2, 0.25) is 0 Å². The number of ether oxygens (including phenoxy) is 4. The zero-order valence-electron chi connectivity index (χ0n) is 19.6.